The number of hydrogen-bond acceptors (Lipinski definition) is 2. The molecule has 0 bridgehead atoms. The summed E-state index contributed by atoms with van der Waals surface area (Å²) in [5.74, 6) is -0.869. The van der Waals surface area contributed by atoms with Crippen LogP contribution in [0.25, 0.3) is 21.6 Å². The van der Waals surface area contributed by atoms with Crippen molar-refractivity contribution in [1.29, 1.82) is 0 Å². The first-order valence-electron chi connectivity index (χ1n) is 7.88. The molecule has 0 fully saturated rings. The van der Waals surface area contributed by atoms with Crippen LogP contribution in [0.1, 0.15) is 31.9 Å². The Hall–Kier alpha value is -2.39. The molecule has 0 radical (unpaired) electrons. The maximum atomic E-state index is 11.1. The van der Waals surface area contributed by atoms with E-state index in [2.05, 4.69) is 58.0 Å². The Labute approximate surface area is 146 Å². The molecule has 0 saturated heterocycles. The van der Waals surface area contributed by atoms with Crippen molar-refractivity contribution in [2.75, 3.05) is 0 Å². The van der Waals surface area contributed by atoms with Crippen molar-refractivity contribution in [2.24, 2.45) is 0 Å². The maximum Gasteiger partial charge on any atom is 0.345 e. The third-order valence-electron chi connectivity index (χ3n) is 4.14. The minimum absolute atomic E-state index is 0.374. The number of aryl methyl sites for hydroxylation is 4. The van der Waals surface area contributed by atoms with E-state index in [1.165, 1.54) is 44.7 Å². The lowest BCUT2D eigenvalue weighted by Gasteiger charge is -2.14. The molecule has 0 amide bonds. The number of thiophene rings is 1. The highest BCUT2D eigenvalue weighted by Gasteiger charge is 2.12. The van der Waals surface area contributed by atoms with Gasteiger partial charge in [-0.15, -0.1) is 11.3 Å². The smallest absolute Gasteiger partial charge is 0.345 e. The fourth-order valence-electron chi connectivity index (χ4n) is 3.29. The summed E-state index contributed by atoms with van der Waals surface area (Å²) in [7, 11) is 0. The zero-order valence-corrected chi connectivity index (χ0v) is 15.1. The summed E-state index contributed by atoms with van der Waals surface area (Å²) in [6.07, 6.45) is 0. The highest BCUT2D eigenvalue weighted by molar-refractivity contribution is 7.17. The predicted octanol–water partition coefficient (Wildman–Crippen LogP) is 6.01. The van der Waals surface area contributed by atoms with E-state index in [0.29, 0.717) is 4.88 Å². The van der Waals surface area contributed by atoms with Crippen LogP contribution in [-0.2, 0) is 0 Å². The maximum absolute atomic E-state index is 11.1. The Morgan fingerprint density at radius 3 is 1.92 bits per heavy atom. The van der Waals surface area contributed by atoms with Crippen LogP contribution in [0.2, 0.25) is 0 Å². The van der Waals surface area contributed by atoms with Gasteiger partial charge in [0.05, 0.1) is 0 Å². The second-order valence-electron chi connectivity index (χ2n) is 6.33. The molecule has 3 rings (SSSR count). The first-order chi connectivity index (χ1) is 11.3. The van der Waals surface area contributed by atoms with Gasteiger partial charge in [-0.05, 0) is 79.8 Å². The number of carboxylic acids is 1. The molecule has 0 unspecified atom stereocenters. The molecule has 1 aromatic heterocycles. The van der Waals surface area contributed by atoms with Crippen molar-refractivity contribution in [3.05, 3.63) is 69.6 Å². The van der Waals surface area contributed by atoms with Crippen molar-refractivity contribution in [3.63, 3.8) is 0 Å². The zero-order valence-electron chi connectivity index (χ0n) is 14.3. The average Bonchev–Trinajstić information content (AvgIpc) is 2.95. The van der Waals surface area contributed by atoms with Gasteiger partial charge in [0, 0.05) is 4.88 Å². The number of rotatable bonds is 3. The third kappa shape index (κ3) is 3.13. The summed E-state index contributed by atoms with van der Waals surface area (Å²) in [5, 5.41) is 9.11. The molecule has 1 N–H and O–H groups in total. The molecule has 1 heterocycles. The fraction of sp³-hybridized carbons (Fsp3) is 0.190. The van der Waals surface area contributed by atoms with Crippen molar-refractivity contribution in [1.82, 2.24) is 0 Å². The van der Waals surface area contributed by atoms with Gasteiger partial charge in [-0.25, -0.2) is 4.79 Å². The van der Waals surface area contributed by atoms with Crippen LogP contribution in [0.5, 0.6) is 0 Å². The highest BCUT2D eigenvalue weighted by atomic mass is 32.1. The normalized spacial score (nSPS) is 10.8. The summed E-state index contributed by atoms with van der Waals surface area (Å²) in [5.41, 5.74) is 8.53. The summed E-state index contributed by atoms with van der Waals surface area (Å²) in [6, 6.07) is 14.5. The van der Waals surface area contributed by atoms with Gasteiger partial charge in [0.25, 0.3) is 0 Å². The van der Waals surface area contributed by atoms with Crippen LogP contribution in [0.4, 0.5) is 0 Å². The molecule has 3 aromatic rings. The van der Waals surface area contributed by atoms with E-state index in [-0.39, 0.29) is 0 Å². The van der Waals surface area contributed by atoms with Gasteiger partial charge in [0.2, 0.25) is 0 Å². The summed E-state index contributed by atoms with van der Waals surface area (Å²) < 4.78 is 0. The first kappa shape index (κ1) is 16.5. The molecule has 2 nitrogen and oxygen atoms in total. The molecule has 3 heteroatoms. The van der Waals surface area contributed by atoms with Crippen LogP contribution in [0.15, 0.2) is 42.5 Å². The van der Waals surface area contributed by atoms with E-state index < -0.39 is 5.97 Å². The average molecular weight is 336 g/mol. The lowest BCUT2D eigenvalue weighted by molar-refractivity contribution is 0.0702. The molecule has 0 aliphatic carbocycles. The highest BCUT2D eigenvalue weighted by Crippen LogP contribution is 2.35. The summed E-state index contributed by atoms with van der Waals surface area (Å²) in [6.45, 7) is 8.48. The van der Waals surface area contributed by atoms with E-state index in [4.69, 9.17) is 5.11 Å². The van der Waals surface area contributed by atoms with E-state index in [9.17, 15) is 4.79 Å². The number of carboxylic acid groups (broad SMARTS) is 1. The number of aromatic carboxylic acids is 1. The van der Waals surface area contributed by atoms with Gasteiger partial charge in [-0.2, -0.15) is 0 Å². The van der Waals surface area contributed by atoms with Crippen molar-refractivity contribution >= 4 is 17.3 Å². The van der Waals surface area contributed by atoms with Crippen LogP contribution in [0, 0.1) is 27.7 Å². The van der Waals surface area contributed by atoms with Crippen LogP contribution in [-0.4, -0.2) is 11.1 Å². The molecule has 0 saturated carbocycles. The topological polar surface area (TPSA) is 37.3 Å². The third-order valence-corrected chi connectivity index (χ3v) is 5.27. The van der Waals surface area contributed by atoms with Gasteiger partial charge in [0.15, 0.2) is 0 Å². The second-order valence-corrected chi connectivity index (χ2v) is 7.41. The Morgan fingerprint density at radius 2 is 1.42 bits per heavy atom. The molecule has 122 valence electrons. The van der Waals surface area contributed by atoms with Gasteiger partial charge < -0.3 is 5.11 Å². The molecule has 0 spiro atoms. The molecule has 0 aliphatic heterocycles. The molecular formula is C21H20O2S. The van der Waals surface area contributed by atoms with Crippen molar-refractivity contribution in [2.45, 2.75) is 27.7 Å². The van der Waals surface area contributed by atoms with Crippen LogP contribution in [0.3, 0.4) is 0 Å². The fourth-order valence-corrected chi connectivity index (χ4v) is 4.12. The monoisotopic (exact) mass is 336 g/mol. The molecule has 2 aromatic carbocycles. The lowest BCUT2D eigenvalue weighted by Crippen LogP contribution is -1.91. The number of carbonyl (C=O) groups is 1. The summed E-state index contributed by atoms with van der Waals surface area (Å²) >= 11 is 1.32. The van der Waals surface area contributed by atoms with Crippen LogP contribution >= 0.6 is 11.3 Å². The minimum atomic E-state index is -0.869. The number of hydrogen-bond donors (Lipinski definition) is 1. The van der Waals surface area contributed by atoms with E-state index in [1.54, 1.807) is 6.07 Å². The standard InChI is InChI=1S/C21H20O2S/c1-12-7-13(2)9-17(8-12)20-14(3)10-16(11-15(20)4)18-5-6-19(24-18)21(22)23/h5-11H,1-4H3,(H,22,23). The van der Waals surface area contributed by atoms with Gasteiger partial charge in [0.1, 0.15) is 4.88 Å². The van der Waals surface area contributed by atoms with Gasteiger partial charge in [-0.3, -0.25) is 0 Å². The molecule has 0 atom stereocenters. The molecule has 24 heavy (non-hydrogen) atoms. The number of benzene rings is 2. The largest absolute Gasteiger partial charge is 0.477 e. The second kappa shape index (κ2) is 6.25. The Balaban J connectivity index is 2.10. The molecular weight excluding hydrogens is 316 g/mol. The summed E-state index contributed by atoms with van der Waals surface area (Å²) in [4.78, 5) is 12.5. The Kier molecular flexibility index (Phi) is 4.29. The van der Waals surface area contributed by atoms with E-state index >= 15 is 0 Å². The van der Waals surface area contributed by atoms with Gasteiger partial charge in [-0.1, -0.05) is 29.3 Å². The van der Waals surface area contributed by atoms with Crippen molar-refractivity contribution in [3.8, 4) is 21.6 Å². The van der Waals surface area contributed by atoms with E-state index in [0.717, 1.165) is 10.4 Å². The van der Waals surface area contributed by atoms with Crippen molar-refractivity contribution < 1.29 is 9.90 Å². The Bertz CT molecular complexity index is 892. The van der Waals surface area contributed by atoms with E-state index in [1.807, 2.05) is 6.07 Å². The lowest BCUT2D eigenvalue weighted by atomic mass is 9.91. The zero-order chi connectivity index (χ0) is 17.4. The predicted molar refractivity (Wildman–Crippen MR) is 101 cm³/mol. The van der Waals surface area contributed by atoms with Gasteiger partial charge >= 0.3 is 5.97 Å². The van der Waals surface area contributed by atoms with Crippen LogP contribution < -0.4 is 0 Å². The SMILES string of the molecule is Cc1cc(C)cc(-c2c(C)cc(-c3ccc(C(=O)O)s3)cc2C)c1. The first-order valence-corrected chi connectivity index (χ1v) is 8.70. The quantitative estimate of drug-likeness (QED) is 0.635. The Morgan fingerprint density at radius 1 is 0.833 bits per heavy atom. The molecule has 0 aliphatic rings. The minimum Gasteiger partial charge on any atom is -0.477 e.